The Kier molecular flexibility index (Phi) is 4.19. The molecule has 0 aliphatic heterocycles. The first-order valence-electron chi connectivity index (χ1n) is 10.2. The highest BCUT2D eigenvalue weighted by molar-refractivity contribution is 5.94. The lowest BCUT2D eigenvalue weighted by molar-refractivity contribution is -0.169. The van der Waals surface area contributed by atoms with Crippen LogP contribution in [0.25, 0.3) is 0 Å². The fourth-order valence-electron chi connectivity index (χ4n) is 7.18. The van der Waals surface area contributed by atoms with Crippen LogP contribution < -0.4 is 0 Å². The van der Waals surface area contributed by atoms with Gasteiger partial charge in [-0.05, 0) is 67.8 Å². The van der Waals surface area contributed by atoms with Crippen molar-refractivity contribution in [2.45, 2.75) is 71.3 Å². The zero-order valence-corrected chi connectivity index (χ0v) is 16.5. The minimum Gasteiger partial charge on any atom is -0.458 e. The van der Waals surface area contributed by atoms with Gasteiger partial charge in [-0.3, -0.25) is 14.4 Å². The van der Waals surface area contributed by atoms with Crippen LogP contribution in [0.5, 0.6) is 0 Å². The highest BCUT2D eigenvalue weighted by atomic mass is 16.5. The molecule has 0 unspecified atom stereocenters. The predicted octanol–water partition coefficient (Wildman–Crippen LogP) is 2.99. The van der Waals surface area contributed by atoms with Crippen molar-refractivity contribution >= 4 is 17.5 Å². The third-order valence-corrected chi connectivity index (χ3v) is 8.63. The maximum absolute atomic E-state index is 12.8. The zero-order valence-electron chi connectivity index (χ0n) is 16.5. The molecule has 0 aromatic rings. The smallest absolute Gasteiger partial charge is 0.303 e. The molecule has 4 aliphatic carbocycles. The van der Waals surface area contributed by atoms with Gasteiger partial charge < -0.3 is 9.84 Å². The Morgan fingerprint density at radius 3 is 2.59 bits per heavy atom. The van der Waals surface area contributed by atoms with Crippen LogP contribution in [-0.4, -0.2) is 34.9 Å². The molecule has 148 valence electrons. The summed E-state index contributed by atoms with van der Waals surface area (Å²) in [5.41, 5.74) is -0.618. The molecule has 6 atom stereocenters. The van der Waals surface area contributed by atoms with Crippen LogP contribution in [0.1, 0.15) is 65.7 Å². The van der Waals surface area contributed by atoms with Gasteiger partial charge in [0.2, 0.25) is 5.78 Å². The van der Waals surface area contributed by atoms with Gasteiger partial charge in [0, 0.05) is 18.8 Å². The van der Waals surface area contributed by atoms with Crippen molar-refractivity contribution in [1.82, 2.24) is 0 Å². The SMILES string of the molecule is CC(=O)OCC(=O)[C@@]1(O)CC[C@H]2[C@@H]3CCC4=CC(=O)C[C@]4(C)[C@H]3CC[C@@]21C. The van der Waals surface area contributed by atoms with Crippen molar-refractivity contribution in [2.24, 2.45) is 28.6 Å². The monoisotopic (exact) mass is 374 g/mol. The van der Waals surface area contributed by atoms with Crippen molar-refractivity contribution in [3.63, 3.8) is 0 Å². The molecule has 27 heavy (non-hydrogen) atoms. The second kappa shape index (κ2) is 6.00. The molecule has 5 heteroatoms. The molecule has 0 aromatic heterocycles. The number of allylic oxidation sites excluding steroid dienone is 2. The minimum atomic E-state index is -1.42. The molecular formula is C22H30O5. The van der Waals surface area contributed by atoms with Crippen molar-refractivity contribution < 1.29 is 24.2 Å². The summed E-state index contributed by atoms with van der Waals surface area (Å²) in [7, 11) is 0. The molecule has 4 rings (SSSR count). The molecule has 0 saturated heterocycles. The standard InChI is InChI=1S/C22H30O5/c1-13(23)27-12-19(25)22(26)9-7-18-16-5-4-14-10-15(24)11-20(14,2)17(16)6-8-21(18,22)3/h10,16-18,26H,4-9,11-12H2,1-3H3/t16-,17+,18+,20+,21+,22+/m1/s1. The summed E-state index contributed by atoms with van der Waals surface area (Å²) in [6, 6.07) is 0. The first-order valence-corrected chi connectivity index (χ1v) is 10.2. The van der Waals surface area contributed by atoms with Crippen molar-refractivity contribution in [2.75, 3.05) is 6.61 Å². The van der Waals surface area contributed by atoms with E-state index in [0.29, 0.717) is 24.7 Å². The van der Waals surface area contributed by atoms with Crippen LogP contribution in [0.15, 0.2) is 11.6 Å². The number of esters is 1. The van der Waals surface area contributed by atoms with Crippen LogP contribution >= 0.6 is 0 Å². The van der Waals surface area contributed by atoms with Crippen LogP contribution in [0.4, 0.5) is 0 Å². The summed E-state index contributed by atoms with van der Waals surface area (Å²) in [5.74, 6) is 0.554. The molecular weight excluding hydrogens is 344 g/mol. The molecule has 0 bridgehead atoms. The van der Waals surface area contributed by atoms with Crippen molar-refractivity contribution in [1.29, 1.82) is 0 Å². The first-order chi connectivity index (χ1) is 12.6. The molecule has 0 radical (unpaired) electrons. The van der Waals surface area contributed by atoms with E-state index in [2.05, 4.69) is 13.8 Å². The summed E-state index contributed by atoms with van der Waals surface area (Å²) in [4.78, 5) is 36.0. The molecule has 0 aromatic carbocycles. The molecule has 0 spiro atoms. The van der Waals surface area contributed by atoms with Gasteiger partial charge >= 0.3 is 5.97 Å². The van der Waals surface area contributed by atoms with Crippen molar-refractivity contribution in [3.05, 3.63) is 11.6 Å². The molecule has 3 saturated carbocycles. The van der Waals surface area contributed by atoms with Gasteiger partial charge in [0.25, 0.3) is 0 Å². The quantitative estimate of drug-likeness (QED) is 0.768. The number of ether oxygens (including phenoxy) is 1. The van der Waals surface area contributed by atoms with E-state index >= 15 is 0 Å². The van der Waals surface area contributed by atoms with E-state index in [1.807, 2.05) is 6.08 Å². The molecule has 0 amide bonds. The lowest BCUT2D eigenvalue weighted by atomic mass is 9.48. The normalized spacial score (nSPS) is 45.6. The van der Waals surface area contributed by atoms with E-state index in [1.54, 1.807) is 0 Å². The summed E-state index contributed by atoms with van der Waals surface area (Å²) < 4.78 is 4.90. The van der Waals surface area contributed by atoms with Gasteiger partial charge in [-0.15, -0.1) is 0 Å². The lowest BCUT2D eigenvalue weighted by Gasteiger charge is -2.57. The molecule has 1 N–H and O–H groups in total. The number of fused-ring (bicyclic) bond motifs is 5. The van der Waals surface area contributed by atoms with E-state index in [0.717, 1.165) is 32.1 Å². The number of hydrogen-bond donors (Lipinski definition) is 1. The van der Waals surface area contributed by atoms with Gasteiger partial charge in [-0.2, -0.15) is 0 Å². The summed E-state index contributed by atoms with van der Waals surface area (Å²) >= 11 is 0. The number of carbonyl (C=O) groups is 3. The third-order valence-electron chi connectivity index (χ3n) is 8.63. The van der Waals surface area contributed by atoms with E-state index < -0.39 is 17.0 Å². The zero-order chi connectivity index (χ0) is 19.6. The number of carbonyl (C=O) groups excluding carboxylic acids is 3. The maximum atomic E-state index is 12.8. The highest BCUT2D eigenvalue weighted by Gasteiger charge is 2.66. The Morgan fingerprint density at radius 2 is 1.89 bits per heavy atom. The lowest BCUT2D eigenvalue weighted by Crippen LogP contribution is -2.57. The Balaban J connectivity index is 1.60. The van der Waals surface area contributed by atoms with Crippen LogP contribution in [0.2, 0.25) is 0 Å². The molecule has 0 heterocycles. The Labute approximate surface area is 160 Å². The van der Waals surface area contributed by atoms with E-state index in [-0.39, 0.29) is 29.5 Å². The Morgan fingerprint density at radius 1 is 1.19 bits per heavy atom. The van der Waals surface area contributed by atoms with Gasteiger partial charge in [-0.1, -0.05) is 19.4 Å². The van der Waals surface area contributed by atoms with Gasteiger partial charge in [0.1, 0.15) is 5.60 Å². The third kappa shape index (κ3) is 2.50. The van der Waals surface area contributed by atoms with Crippen LogP contribution in [-0.2, 0) is 19.1 Å². The summed E-state index contributed by atoms with van der Waals surface area (Å²) in [6.07, 6.45) is 7.45. The van der Waals surface area contributed by atoms with E-state index in [4.69, 9.17) is 4.74 Å². The fraction of sp³-hybridized carbons (Fsp3) is 0.773. The predicted molar refractivity (Wildman–Crippen MR) is 98.7 cm³/mol. The van der Waals surface area contributed by atoms with E-state index in [1.165, 1.54) is 12.5 Å². The number of aliphatic hydroxyl groups is 1. The average Bonchev–Trinajstić information content (AvgIpc) is 3.06. The van der Waals surface area contributed by atoms with E-state index in [9.17, 15) is 19.5 Å². The number of ketones is 2. The van der Waals surface area contributed by atoms with Gasteiger partial charge in [-0.25, -0.2) is 0 Å². The summed E-state index contributed by atoms with van der Waals surface area (Å²) in [5, 5.41) is 11.4. The van der Waals surface area contributed by atoms with Crippen LogP contribution in [0, 0.1) is 28.6 Å². The molecule has 5 nitrogen and oxygen atoms in total. The Bertz CT molecular complexity index is 739. The van der Waals surface area contributed by atoms with Crippen LogP contribution in [0.3, 0.4) is 0 Å². The van der Waals surface area contributed by atoms with Gasteiger partial charge in [0.15, 0.2) is 12.4 Å². The minimum absolute atomic E-state index is 0.0379. The largest absolute Gasteiger partial charge is 0.458 e. The highest BCUT2D eigenvalue weighted by Crippen LogP contribution is 2.67. The number of rotatable bonds is 3. The summed E-state index contributed by atoms with van der Waals surface area (Å²) in [6.45, 7) is 5.23. The maximum Gasteiger partial charge on any atom is 0.303 e. The number of Topliss-reactive ketones (excluding diaryl/α,β-unsaturated/α-hetero) is 1. The van der Waals surface area contributed by atoms with Crippen molar-refractivity contribution in [3.8, 4) is 0 Å². The Hall–Kier alpha value is -1.49. The average molecular weight is 374 g/mol. The molecule has 3 fully saturated rings. The molecule has 4 aliphatic rings. The topological polar surface area (TPSA) is 80.7 Å². The second-order valence-corrected chi connectivity index (χ2v) is 9.70. The second-order valence-electron chi connectivity index (χ2n) is 9.70. The number of hydrogen-bond acceptors (Lipinski definition) is 5. The first kappa shape index (κ1) is 18.9. The van der Waals surface area contributed by atoms with Gasteiger partial charge in [0.05, 0.1) is 0 Å². The fourth-order valence-corrected chi connectivity index (χ4v) is 7.18.